The van der Waals surface area contributed by atoms with E-state index in [4.69, 9.17) is 4.74 Å². The fraction of sp³-hybridized carbons (Fsp3) is 0.429. The summed E-state index contributed by atoms with van der Waals surface area (Å²) in [5, 5.41) is 9.69. The molecule has 0 saturated carbocycles. The van der Waals surface area contributed by atoms with Gasteiger partial charge in [0.15, 0.2) is 0 Å². The zero-order chi connectivity index (χ0) is 30.2. The number of esters is 1. The summed E-state index contributed by atoms with van der Waals surface area (Å²) in [4.78, 5) is 31.8. The van der Waals surface area contributed by atoms with Gasteiger partial charge in [0, 0.05) is 52.9 Å². The van der Waals surface area contributed by atoms with Gasteiger partial charge in [0.1, 0.15) is 11.9 Å². The molecule has 3 aromatic carbocycles. The number of hydrogen-bond acceptors (Lipinski definition) is 6. The summed E-state index contributed by atoms with van der Waals surface area (Å²) in [6, 6.07) is 22.9. The third-order valence-electron chi connectivity index (χ3n) is 8.60. The lowest BCUT2D eigenvalue weighted by atomic mass is 9.98. The van der Waals surface area contributed by atoms with Crippen LogP contribution in [0.25, 0.3) is 11.1 Å². The maximum absolute atomic E-state index is 14.9. The number of aliphatic hydroxyl groups excluding tert-OH is 1. The lowest BCUT2D eigenvalue weighted by Crippen LogP contribution is -2.42. The molecule has 0 spiro atoms. The van der Waals surface area contributed by atoms with Crippen LogP contribution in [0.3, 0.4) is 0 Å². The van der Waals surface area contributed by atoms with Gasteiger partial charge in [-0.05, 0) is 60.1 Å². The van der Waals surface area contributed by atoms with Gasteiger partial charge in [-0.1, -0.05) is 60.7 Å². The number of hydrogen-bond donors (Lipinski definition) is 1. The van der Waals surface area contributed by atoms with Gasteiger partial charge < -0.3 is 19.6 Å². The van der Waals surface area contributed by atoms with E-state index in [1.807, 2.05) is 60.7 Å². The van der Waals surface area contributed by atoms with Gasteiger partial charge >= 0.3 is 5.97 Å². The van der Waals surface area contributed by atoms with E-state index in [9.17, 15) is 19.1 Å². The molecule has 2 fully saturated rings. The molecule has 0 radical (unpaired) electrons. The Morgan fingerprint density at radius 2 is 1.58 bits per heavy atom. The normalized spacial score (nSPS) is 17.1. The molecule has 0 aromatic heterocycles. The number of likely N-dealkylation sites (tertiary alicyclic amines) is 2. The Kier molecular flexibility index (Phi) is 10.6. The second-order valence-electron chi connectivity index (χ2n) is 11.8. The van der Waals surface area contributed by atoms with E-state index in [2.05, 4.69) is 9.80 Å². The maximum atomic E-state index is 14.9. The highest BCUT2D eigenvalue weighted by molar-refractivity contribution is 5.94. The minimum absolute atomic E-state index is 0.0831. The van der Waals surface area contributed by atoms with Gasteiger partial charge in [-0.25, -0.2) is 4.39 Å². The van der Waals surface area contributed by atoms with E-state index >= 15 is 0 Å². The average molecular weight is 588 g/mol. The Bertz CT molecular complexity index is 1370. The van der Waals surface area contributed by atoms with E-state index in [0.717, 1.165) is 74.1 Å². The van der Waals surface area contributed by atoms with Gasteiger partial charge in [-0.15, -0.1) is 0 Å². The number of nitrogens with zero attached hydrogens (tertiary/aromatic N) is 3. The number of piperidine rings is 2. The van der Waals surface area contributed by atoms with Gasteiger partial charge in [-0.3, -0.25) is 14.5 Å². The highest BCUT2D eigenvalue weighted by atomic mass is 19.1. The molecule has 7 nitrogen and oxygen atoms in total. The summed E-state index contributed by atoms with van der Waals surface area (Å²) in [5.41, 5.74) is 4.00. The first-order chi connectivity index (χ1) is 20.9. The van der Waals surface area contributed by atoms with Gasteiger partial charge in [0.2, 0.25) is 0 Å². The monoisotopic (exact) mass is 587 g/mol. The molecule has 5 rings (SSSR count). The van der Waals surface area contributed by atoms with Crippen LogP contribution in [0.5, 0.6) is 0 Å². The van der Waals surface area contributed by atoms with Crippen LogP contribution in [0, 0.1) is 5.82 Å². The van der Waals surface area contributed by atoms with Crippen molar-refractivity contribution >= 4 is 11.9 Å². The minimum Gasteiger partial charge on any atom is -0.462 e. The molecule has 0 bridgehead atoms. The standard InChI is InChI=1S/C35H42FN3O4/c1-37(35(42)32-12-11-26(23-33(32)36)25-39-17-13-29(40)14-18-39)21-22-38-19-15-30(16-20-38)43-34(41)24-28-9-5-6-10-31(28)27-7-3-2-4-8-27/h2-12,23,29-30,40H,13-22,24-25H2,1H3. The van der Waals surface area contributed by atoms with Crippen molar-refractivity contribution in [1.29, 1.82) is 0 Å². The molecule has 0 unspecified atom stereocenters. The van der Waals surface area contributed by atoms with E-state index in [-0.39, 0.29) is 36.1 Å². The second kappa shape index (κ2) is 14.7. The summed E-state index contributed by atoms with van der Waals surface area (Å²) < 4.78 is 20.8. The predicted octanol–water partition coefficient (Wildman–Crippen LogP) is 4.77. The van der Waals surface area contributed by atoms with Crippen molar-refractivity contribution in [3.05, 3.63) is 95.3 Å². The quantitative estimate of drug-likeness (QED) is 0.345. The lowest BCUT2D eigenvalue weighted by molar-refractivity contribution is -0.150. The van der Waals surface area contributed by atoms with Gasteiger partial charge in [0.25, 0.3) is 5.91 Å². The van der Waals surface area contributed by atoms with Gasteiger partial charge in [0.05, 0.1) is 18.1 Å². The van der Waals surface area contributed by atoms with E-state index < -0.39 is 5.82 Å². The Balaban J connectivity index is 1.04. The molecule has 2 heterocycles. The molecule has 0 atom stereocenters. The SMILES string of the molecule is CN(CCN1CCC(OC(=O)Cc2ccccc2-c2ccccc2)CC1)C(=O)c1ccc(CN2CCC(O)CC2)cc1F. The number of rotatable bonds is 10. The molecule has 1 amide bonds. The highest BCUT2D eigenvalue weighted by Crippen LogP contribution is 2.25. The largest absolute Gasteiger partial charge is 0.462 e. The topological polar surface area (TPSA) is 73.3 Å². The molecule has 2 saturated heterocycles. The maximum Gasteiger partial charge on any atom is 0.310 e. The van der Waals surface area contributed by atoms with Crippen molar-refractivity contribution < 1.29 is 23.8 Å². The van der Waals surface area contributed by atoms with Crippen molar-refractivity contribution in [1.82, 2.24) is 14.7 Å². The Morgan fingerprint density at radius 1 is 0.907 bits per heavy atom. The van der Waals surface area contributed by atoms with Crippen LogP contribution >= 0.6 is 0 Å². The molecule has 228 valence electrons. The van der Waals surface area contributed by atoms with Crippen molar-refractivity contribution in [3.63, 3.8) is 0 Å². The molecule has 2 aliphatic heterocycles. The molecule has 0 aliphatic carbocycles. The number of carbonyl (C=O) groups excluding carboxylic acids is 2. The van der Waals surface area contributed by atoms with Crippen molar-refractivity contribution in [2.24, 2.45) is 0 Å². The molecule has 1 N–H and O–H groups in total. The number of aliphatic hydroxyl groups is 1. The number of ether oxygens (including phenoxy) is 1. The van der Waals surface area contributed by atoms with Crippen LogP contribution in [0.4, 0.5) is 4.39 Å². The average Bonchev–Trinajstić information content (AvgIpc) is 3.02. The first kappa shape index (κ1) is 30.9. The van der Waals surface area contributed by atoms with Crippen molar-refractivity contribution in [2.45, 2.75) is 50.9 Å². The third-order valence-corrected chi connectivity index (χ3v) is 8.60. The van der Waals surface area contributed by atoms with Crippen LogP contribution in [0.1, 0.15) is 47.2 Å². The van der Waals surface area contributed by atoms with E-state index in [0.29, 0.717) is 19.6 Å². The Morgan fingerprint density at radius 3 is 2.30 bits per heavy atom. The number of likely N-dealkylation sites (N-methyl/N-ethyl adjacent to an activating group) is 1. The first-order valence-electron chi connectivity index (χ1n) is 15.3. The molecule has 8 heteroatoms. The van der Waals surface area contributed by atoms with Crippen LogP contribution in [0.15, 0.2) is 72.8 Å². The van der Waals surface area contributed by atoms with Crippen molar-refractivity contribution in [3.8, 4) is 11.1 Å². The summed E-state index contributed by atoms with van der Waals surface area (Å²) in [5.74, 6) is -1.04. The predicted molar refractivity (Wildman–Crippen MR) is 165 cm³/mol. The van der Waals surface area contributed by atoms with Crippen LogP contribution in [-0.4, -0.2) is 90.2 Å². The fourth-order valence-corrected chi connectivity index (χ4v) is 5.97. The number of halogens is 1. The number of carbonyl (C=O) groups is 2. The summed E-state index contributed by atoms with van der Waals surface area (Å²) in [6.07, 6.45) is 2.83. The minimum atomic E-state index is -0.500. The van der Waals surface area contributed by atoms with Crippen LogP contribution < -0.4 is 0 Å². The zero-order valence-corrected chi connectivity index (χ0v) is 25.0. The molecule has 43 heavy (non-hydrogen) atoms. The first-order valence-corrected chi connectivity index (χ1v) is 15.3. The summed E-state index contributed by atoms with van der Waals surface area (Å²) in [7, 11) is 1.70. The van der Waals surface area contributed by atoms with Gasteiger partial charge in [-0.2, -0.15) is 0 Å². The van der Waals surface area contributed by atoms with E-state index in [1.54, 1.807) is 18.0 Å². The number of amides is 1. The smallest absolute Gasteiger partial charge is 0.310 e. The number of benzene rings is 3. The fourth-order valence-electron chi connectivity index (χ4n) is 5.97. The summed E-state index contributed by atoms with van der Waals surface area (Å²) >= 11 is 0. The molecular formula is C35H42FN3O4. The van der Waals surface area contributed by atoms with E-state index in [1.165, 1.54) is 6.07 Å². The Hall–Kier alpha value is -3.59. The van der Waals surface area contributed by atoms with Crippen LogP contribution in [0.2, 0.25) is 0 Å². The van der Waals surface area contributed by atoms with Crippen LogP contribution in [-0.2, 0) is 22.5 Å². The molecular weight excluding hydrogens is 545 g/mol. The third kappa shape index (κ3) is 8.50. The lowest BCUT2D eigenvalue weighted by Gasteiger charge is -2.32. The molecule has 2 aliphatic rings. The molecule has 3 aromatic rings. The Labute approximate surface area is 253 Å². The van der Waals surface area contributed by atoms with Crippen molar-refractivity contribution in [2.75, 3.05) is 46.3 Å². The summed E-state index contributed by atoms with van der Waals surface area (Å²) in [6.45, 7) is 4.89. The zero-order valence-electron chi connectivity index (χ0n) is 25.0. The highest BCUT2D eigenvalue weighted by Gasteiger charge is 2.24. The second-order valence-corrected chi connectivity index (χ2v) is 11.8.